The Morgan fingerprint density at radius 1 is 1.19 bits per heavy atom. The van der Waals surface area contributed by atoms with E-state index in [1.54, 1.807) is 6.07 Å². The van der Waals surface area contributed by atoms with Crippen LogP contribution in [0.15, 0.2) is 16.9 Å². The average Bonchev–Trinajstić information content (AvgIpc) is 2.78. The number of hydrogen-bond donors (Lipinski definition) is 1. The second kappa shape index (κ2) is 10.7. The molecule has 1 N–H and O–H groups in total. The van der Waals surface area contributed by atoms with E-state index < -0.39 is 11.4 Å². The van der Waals surface area contributed by atoms with Gasteiger partial charge < -0.3 is 19.4 Å². The number of nitrogens with one attached hydrogen (secondary N) is 1. The number of halogens is 2. The van der Waals surface area contributed by atoms with Gasteiger partial charge in [-0.25, -0.2) is 9.37 Å². The van der Waals surface area contributed by atoms with Crippen LogP contribution in [0.2, 0.25) is 0 Å². The second-order valence-electron chi connectivity index (χ2n) is 8.69. The number of rotatable bonds is 8. The summed E-state index contributed by atoms with van der Waals surface area (Å²) in [6, 6.07) is 2.98. The molecule has 2 fully saturated rings. The van der Waals surface area contributed by atoms with Crippen molar-refractivity contribution in [2.45, 2.75) is 38.5 Å². The maximum absolute atomic E-state index is 14.6. The molecule has 0 bridgehead atoms. The fourth-order valence-corrected chi connectivity index (χ4v) is 4.77. The first kappa shape index (κ1) is 22.5. The molecule has 2 saturated heterocycles. The fourth-order valence-electron chi connectivity index (χ4n) is 4.54. The SMILES string of the molecule is O=c1[nH]c(CCC2CCOCC2)nc2cc(OCC3CCN(CCCl)CC3)cc(F)c12. The van der Waals surface area contributed by atoms with Gasteiger partial charge in [-0.15, -0.1) is 11.6 Å². The van der Waals surface area contributed by atoms with E-state index in [2.05, 4.69) is 14.9 Å². The molecule has 8 heteroatoms. The van der Waals surface area contributed by atoms with Crippen molar-refractivity contribution in [1.82, 2.24) is 14.9 Å². The number of aromatic nitrogens is 2. The molecule has 0 spiro atoms. The lowest BCUT2D eigenvalue weighted by Crippen LogP contribution is -2.36. The summed E-state index contributed by atoms with van der Waals surface area (Å²) in [5.41, 5.74) is -0.0691. The molecule has 0 radical (unpaired) electrons. The van der Waals surface area contributed by atoms with E-state index in [9.17, 15) is 9.18 Å². The fraction of sp³-hybridized carbons (Fsp3) is 0.652. The van der Waals surface area contributed by atoms with Gasteiger partial charge in [0.2, 0.25) is 0 Å². The van der Waals surface area contributed by atoms with Crippen LogP contribution in [0.1, 0.15) is 37.9 Å². The van der Waals surface area contributed by atoms with Gasteiger partial charge in [-0.3, -0.25) is 4.79 Å². The third kappa shape index (κ3) is 5.96. The number of H-pyrrole nitrogens is 1. The van der Waals surface area contributed by atoms with Crippen LogP contribution in [0.5, 0.6) is 5.75 Å². The molecule has 2 aliphatic rings. The lowest BCUT2D eigenvalue weighted by atomic mass is 9.95. The molecule has 6 nitrogen and oxygen atoms in total. The van der Waals surface area contributed by atoms with E-state index in [4.69, 9.17) is 21.1 Å². The van der Waals surface area contributed by atoms with Gasteiger partial charge in [0, 0.05) is 44.2 Å². The summed E-state index contributed by atoms with van der Waals surface area (Å²) in [4.78, 5) is 22.1. The Morgan fingerprint density at radius 3 is 2.71 bits per heavy atom. The highest BCUT2D eigenvalue weighted by Gasteiger charge is 2.20. The van der Waals surface area contributed by atoms with Crippen LogP contribution >= 0.6 is 11.6 Å². The molecule has 0 amide bonds. The molecule has 3 heterocycles. The molecular weight excluding hydrogens is 421 g/mol. The Hall–Kier alpha value is -1.70. The monoisotopic (exact) mass is 451 g/mol. The number of alkyl halides is 1. The van der Waals surface area contributed by atoms with Gasteiger partial charge in [0.25, 0.3) is 5.56 Å². The predicted octanol–water partition coefficient (Wildman–Crippen LogP) is 3.75. The number of piperidine rings is 1. The van der Waals surface area contributed by atoms with E-state index in [0.717, 1.165) is 65.0 Å². The molecule has 1 aromatic heterocycles. The third-order valence-corrected chi connectivity index (χ3v) is 6.68. The summed E-state index contributed by atoms with van der Waals surface area (Å²) in [6.45, 7) is 5.08. The van der Waals surface area contributed by atoms with Gasteiger partial charge in [-0.05, 0) is 57.0 Å². The van der Waals surface area contributed by atoms with E-state index >= 15 is 0 Å². The van der Waals surface area contributed by atoms with Gasteiger partial charge in [-0.2, -0.15) is 0 Å². The number of benzene rings is 1. The highest BCUT2D eigenvalue weighted by molar-refractivity contribution is 6.18. The zero-order chi connectivity index (χ0) is 21.6. The first-order valence-corrected chi connectivity index (χ1v) is 11.9. The van der Waals surface area contributed by atoms with E-state index in [-0.39, 0.29) is 5.39 Å². The first-order chi connectivity index (χ1) is 15.1. The van der Waals surface area contributed by atoms with Crippen LogP contribution in [0.3, 0.4) is 0 Å². The molecule has 0 aliphatic carbocycles. The molecule has 2 aromatic rings. The minimum Gasteiger partial charge on any atom is -0.493 e. The van der Waals surface area contributed by atoms with E-state index in [0.29, 0.717) is 47.8 Å². The number of likely N-dealkylation sites (tertiary alicyclic amines) is 1. The highest BCUT2D eigenvalue weighted by Crippen LogP contribution is 2.24. The maximum Gasteiger partial charge on any atom is 0.261 e. The number of fused-ring (bicyclic) bond motifs is 1. The summed E-state index contributed by atoms with van der Waals surface area (Å²) in [6.07, 6.45) is 5.77. The lowest BCUT2D eigenvalue weighted by Gasteiger charge is -2.31. The number of aryl methyl sites for hydroxylation is 1. The molecular formula is C23H31ClFN3O3. The molecule has 1 aromatic carbocycles. The first-order valence-electron chi connectivity index (χ1n) is 11.3. The Balaban J connectivity index is 1.40. The van der Waals surface area contributed by atoms with Crippen molar-refractivity contribution in [3.05, 3.63) is 34.1 Å². The van der Waals surface area contributed by atoms with Crippen molar-refractivity contribution < 1.29 is 13.9 Å². The number of hydrogen-bond acceptors (Lipinski definition) is 5. The minimum atomic E-state index is -0.589. The number of ether oxygens (including phenoxy) is 2. The Bertz CT molecular complexity index is 924. The molecule has 0 saturated carbocycles. The Kier molecular flexibility index (Phi) is 7.80. The van der Waals surface area contributed by atoms with Gasteiger partial charge in [0.05, 0.1) is 12.1 Å². The number of aromatic amines is 1. The van der Waals surface area contributed by atoms with Crippen LogP contribution in [0, 0.1) is 17.7 Å². The van der Waals surface area contributed by atoms with E-state index in [1.165, 1.54) is 6.07 Å². The van der Waals surface area contributed by atoms with Crippen LogP contribution in [-0.2, 0) is 11.2 Å². The molecule has 31 heavy (non-hydrogen) atoms. The molecule has 4 rings (SSSR count). The quantitative estimate of drug-likeness (QED) is 0.619. The van der Waals surface area contributed by atoms with Crippen molar-refractivity contribution >= 4 is 22.5 Å². The summed E-state index contributed by atoms with van der Waals surface area (Å²) >= 11 is 5.82. The standard InChI is InChI=1S/C23H31ClFN3O3/c24-7-10-28-8-3-17(4-9-28)15-31-18-13-19(25)22-20(14-18)26-21(27-23(22)29)2-1-16-5-11-30-12-6-16/h13-14,16-17H,1-12,15H2,(H,26,27,29). The largest absolute Gasteiger partial charge is 0.493 e. The zero-order valence-corrected chi connectivity index (χ0v) is 18.6. The molecule has 0 atom stereocenters. The summed E-state index contributed by atoms with van der Waals surface area (Å²) in [7, 11) is 0. The van der Waals surface area contributed by atoms with Crippen molar-refractivity contribution in [2.75, 3.05) is 45.3 Å². The topological polar surface area (TPSA) is 67.5 Å². The van der Waals surface area contributed by atoms with Crippen molar-refractivity contribution in [3.8, 4) is 5.75 Å². The van der Waals surface area contributed by atoms with Crippen LogP contribution in [-0.4, -0.2) is 60.2 Å². The van der Waals surface area contributed by atoms with Gasteiger partial charge in [0.15, 0.2) is 0 Å². The van der Waals surface area contributed by atoms with Gasteiger partial charge in [0.1, 0.15) is 22.8 Å². The summed E-state index contributed by atoms with van der Waals surface area (Å²) < 4.78 is 26.0. The summed E-state index contributed by atoms with van der Waals surface area (Å²) in [5.74, 6) is 2.12. The van der Waals surface area contributed by atoms with Crippen LogP contribution in [0.4, 0.5) is 4.39 Å². The van der Waals surface area contributed by atoms with E-state index in [1.807, 2.05) is 0 Å². The van der Waals surface area contributed by atoms with Crippen molar-refractivity contribution in [2.24, 2.45) is 11.8 Å². The Labute approximate surface area is 187 Å². The summed E-state index contributed by atoms with van der Waals surface area (Å²) in [5, 5.41) is -0.00320. The third-order valence-electron chi connectivity index (χ3n) is 6.51. The smallest absolute Gasteiger partial charge is 0.261 e. The van der Waals surface area contributed by atoms with Crippen molar-refractivity contribution in [3.63, 3.8) is 0 Å². The molecule has 2 aliphatic heterocycles. The predicted molar refractivity (Wildman–Crippen MR) is 120 cm³/mol. The molecule has 0 unspecified atom stereocenters. The van der Waals surface area contributed by atoms with Crippen LogP contribution < -0.4 is 10.3 Å². The van der Waals surface area contributed by atoms with Crippen LogP contribution in [0.25, 0.3) is 10.9 Å². The Morgan fingerprint density at radius 2 is 1.97 bits per heavy atom. The second-order valence-corrected chi connectivity index (χ2v) is 9.07. The number of nitrogens with zero attached hydrogens (tertiary/aromatic N) is 2. The zero-order valence-electron chi connectivity index (χ0n) is 17.9. The average molecular weight is 452 g/mol. The van der Waals surface area contributed by atoms with Gasteiger partial charge in [-0.1, -0.05) is 0 Å². The molecule has 170 valence electrons. The van der Waals surface area contributed by atoms with Gasteiger partial charge >= 0.3 is 0 Å². The lowest BCUT2D eigenvalue weighted by molar-refractivity contribution is 0.0638. The maximum atomic E-state index is 14.6. The highest BCUT2D eigenvalue weighted by atomic mass is 35.5. The van der Waals surface area contributed by atoms with Crippen molar-refractivity contribution in [1.29, 1.82) is 0 Å². The normalized spacial score (nSPS) is 19.2. The minimum absolute atomic E-state index is 0.00320.